The molecule has 0 aromatic heterocycles. The van der Waals surface area contributed by atoms with Gasteiger partial charge in [0.05, 0.1) is 0 Å². The van der Waals surface area contributed by atoms with E-state index < -0.39 is 0 Å². The first-order valence-electron chi connectivity index (χ1n) is 10.7. The first kappa shape index (κ1) is 19.7. The van der Waals surface area contributed by atoms with Crippen LogP contribution < -0.4 is 0 Å². The van der Waals surface area contributed by atoms with Crippen molar-refractivity contribution in [2.24, 2.45) is 11.3 Å². The highest BCUT2D eigenvalue weighted by molar-refractivity contribution is 5.89. The highest BCUT2D eigenvalue weighted by Crippen LogP contribution is 2.45. The Morgan fingerprint density at radius 3 is 2.35 bits per heavy atom. The van der Waals surface area contributed by atoms with Crippen molar-refractivity contribution in [2.45, 2.75) is 77.7 Å². The highest BCUT2D eigenvalue weighted by Gasteiger charge is 2.51. The summed E-state index contributed by atoms with van der Waals surface area (Å²) in [5, 5.41) is 0. The SMILES string of the molecule is CC(C)CCC(=O)N1CCCC2(CCOCC2)C1C(=O)N1CCCCC1. The molecule has 1 spiro atoms. The second-order valence-corrected chi connectivity index (χ2v) is 8.89. The number of carbonyl (C=O) groups is 2. The molecule has 3 rings (SSSR count). The van der Waals surface area contributed by atoms with Crippen molar-refractivity contribution in [1.82, 2.24) is 9.80 Å². The van der Waals surface area contributed by atoms with Gasteiger partial charge >= 0.3 is 0 Å². The van der Waals surface area contributed by atoms with E-state index in [4.69, 9.17) is 4.74 Å². The van der Waals surface area contributed by atoms with Gasteiger partial charge in [0, 0.05) is 44.7 Å². The molecule has 5 nitrogen and oxygen atoms in total. The molecule has 3 aliphatic heterocycles. The summed E-state index contributed by atoms with van der Waals surface area (Å²) in [6.07, 6.45) is 8.74. The zero-order valence-corrected chi connectivity index (χ0v) is 16.7. The summed E-state index contributed by atoms with van der Waals surface area (Å²) in [5.74, 6) is 0.904. The minimum atomic E-state index is -0.266. The lowest BCUT2D eigenvalue weighted by Crippen LogP contribution is -2.63. The van der Waals surface area contributed by atoms with Gasteiger partial charge in [0.25, 0.3) is 0 Å². The van der Waals surface area contributed by atoms with Crippen LogP contribution in [0.1, 0.15) is 71.6 Å². The first-order valence-corrected chi connectivity index (χ1v) is 10.7. The number of rotatable bonds is 4. The molecule has 0 saturated carbocycles. The summed E-state index contributed by atoms with van der Waals surface area (Å²) >= 11 is 0. The number of hydrogen-bond acceptors (Lipinski definition) is 3. The minimum absolute atomic E-state index is 0.0709. The van der Waals surface area contributed by atoms with Gasteiger partial charge in [-0.25, -0.2) is 0 Å². The van der Waals surface area contributed by atoms with Gasteiger partial charge in [0.2, 0.25) is 11.8 Å². The second kappa shape index (κ2) is 8.73. The lowest BCUT2D eigenvalue weighted by atomic mass is 9.67. The average molecular weight is 365 g/mol. The van der Waals surface area contributed by atoms with Crippen LogP contribution in [0, 0.1) is 11.3 Å². The number of nitrogens with zero attached hydrogens (tertiary/aromatic N) is 2. The standard InChI is InChI=1S/C21H36N2O3/c1-17(2)7-8-18(24)23-14-6-9-21(10-15-26-16-11-21)19(23)20(25)22-12-4-3-5-13-22/h17,19H,3-16H2,1-2H3. The Hall–Kier alpha value is -1.10. The molecule has 1 atom stereocenters. The van der Waals surface area contributed by atoms with Crippen LogP contribution in [0.5, 0.6) is 0 Å². The third-order valence-corrected chi connectivity index (χ3v) is 6.61. The summed E-state index contributed by atoms with van der Waals surface area (Å²) in [6, 6.07) is -0.266. The van der Waals surface area contributed by atoms with E-state index in [-0.39, 0.29) is 23.3 Å². The fourth-order valence-electron chi connectivity index (χ4n) is 5.01. The average Bonchev–Trinajstić information content (AvgIpc) is 2.66. The number of piperidine rings is 2. The minimum Gasteiger partial charge on any atom is -0.381 e. The molecular weight excluding hydrogens is 328 g/mol. The molecule has 5 heteroatoms. The Bertz CT molecular complexity index is 488. The molecule has 2 amide bonds. The summed E-state index contributed by atoms with van der Waals surface area (Å²) in [6.45, 7) is 8.20. The Labute approximate surface area is 158 Å². The van der Waals surface area contributed by atoms with E-state index in [9.17, 15) is 9.59 Å². The molecule has 3 fully saturated rings. The van der Waals surface area contributed by atoms with Crippen LogP contribution in [-0.4, -0.2) is 60.5 Å². The zero-order valence-electron chi connectivity index (χ0n) is 16.7. The van der Waals surface area contributed by atoms with Crippen molar-refractivity contribution >= 4 is 11.8 Å². The summed E-state index contributed by atoms with van der Waals surface area (Å²) in [5.41, 5.74) is -0.0709. The molecule has 0 aromatic rings. The van der Waals surface area contributed by atoms with E-state index in [0.717, 1.165) is 77.8 Å². The van der Waals surface area contributed by atoms with Gasteiger partial charge in [-0.1, -0.05) is 13.8 Å². The molecule has 148 valence electrons. The van der Waals surface area contributed by atoms with Gasteiger partial charge in [0.15, 0.2) is 0 Å². The quantitative estimate of drug-likeness (QED) is 0.769. The molecule has 3 heterocycles. The molecule has 3 aliphatic rings. The van der Waals surface area contributed by atoms with Crippen LogP contribution in [0.3, 0.4) is 0 Å². The molecule has 26 heavy (non-hydrogen) atoms. The van der Waals surface area contributed by atoms with Crippen LogP contribution in [0.15, 0.2) is 0 Å². The molecule has 0 aromatic carbocycles. The molecule has 0 aliphatic carbocycles. The molecule has 0 radical (unpaired) electrons. The predicted octanol–water partition coefficient (Wildman–Crippen LogP) is 3.22. The van der Waals surface area contributed by atoms with Gasteiger partial charge in [-0.2, -0.15) is 0 Å². The van der Waals surface area contributed by atoms with E-state index in [1.165, 1.54) is 6.42 Å². The Kier molecular flexibility index (Phi) is 6.60. The van der Waals surface area contributed by atoms with E-state index in [1.807, 2.05) is 9.80 Å². The lowest BCUT2D eigenvalue weighted by Gasteiger charge is -2.52. The maximum Gasteiger partial charge on any atom is 0.245 e. The summed E-state index contributed by atoms with van der Waals surface area (Å²) < 4.78 is 5.62. The molecule has 3 saturated heterocycles. The molecular formula is C21H36N2O3. The van der Waals surface area contributed by atoms with Crippen LogP contribution in [0.4, 0.5) is 0 Å². The van der Waals surface area contributed by atoms with Gasteiger partial charge in [-0.15, -0.1) is 0 Å². The van der Waals surface area contributed by atoms with Crippen LogP contribution >= 0.6 is 0 Å². The maximum atomic E-state index is 13.6. The Morgan fingerprint density at radius 1 is 1.00 bits per heavy atom. The van der Waals surface area contributed by atoms with Gasteiger partial charge < -0.3 is 14.5 Å². The van der Waals surface area contributed by atoms with Crippen molar-refractivity contribution in [1.29, 1.82) is 0 Å². The van der Waals surface area contributed by atoms with Crippen LogP contribution in [0.2, 0.25) is 0 Å². The van der Waals surface area contributed by atoms with E-state index in [2.05, 4.69) is 13.8 Å². The van der Waals surface area contributed by atoms with E-state index in [0.29, 0.717) is 12.3 Å². The van der Waals surface area contributed by atoms with E-state index in [1.54, 1.807) is 0 Å². The molecule has 1 unspecified atom stereocenters. The van der Waals surface area contributed by atoms with Crippen molar-refractivity contribution in [3.8, 4) is 0 Å². The largest absolute Gasteiger partial charge is 0.381 e. The molecule has 0 N–H and O–H groups in total. The van der Waals surface area contributed by atoms with Crippen LogP contribution in [-0.2, 0) is 14.3 Å². The highest BCUT2D eigenvalue weighted by atomic mass is 16.5. The Morgan fingerprint density at radius 2 is 1.69 bits per heavy atom. The predicted molar refractivity (Wildman–Crippen MR) is 102 cm³/mol. The smallest absolute Gasteiger partial charge is 0.245 e. The van der Waals surface area contributed by atoms with Crippen molar-refractivity contribution < 1.29 is 14.3 Å². The van der Waals surface area contributed by atoms with Crippen molar-refractivity contribution in [3.05, 3.63) is 0 Å². The normalized spacial score (nSPS) is 26.3. The first-order chi connectivity index (χ1) is 12.5. The second-order valence-electron chi connectivity index (χ2n) is 8.89. The number of carbonyl (C=O) groups excluding carboxylic acids is 2. The third-order valence-electron chi connectivity index (χ3n) is 6.61. The van der Waals surface area contributed by atoms with Crippen LogP contribution in [0.25, 0.3) is 0 Å². The lowest BCUT2D eigenvalue weighted by molar-refractivity contribution is -0.162. The summed E-state index contributed by atoms with van der Waals surface area (Å²) in [7, 11) is 0. The number of hydrogen-bond donors (Lipinski definition) is 0. The summed E-state index contributed by atoms with van der Waals surface area (Å²) in [4.78, 5) is 30.6. The number of amides is 2. The van der Waals surface area contributed by atoms with Gasteiger partial charge in [0.1, 0.15) is 6.04 Å². The Balaban J connectivity index is 1.83. The fraction of sp³-hybridized carbons (Fsp3) is 0.905. The zero-order chi connectivity index (χ0) is 18.6. The van der Waals surface area contributed by atoms with E-state index >= 15 is 0 Å². The number of likely N-dealkylation sites (tertiary alicyclic amines) is 2. The van der Waals surface area contributed by atoms with Crippen molar-refractivity contribution in [2.75, 3.05) is 32.8 Å². The maximum absolute atomic E-state index is 13.6. The molecule has 0 bridgehead atoms. The third kappa shape index (κ3) is 4.24. The number of ether oxygens (including phenoxy) is 1. The van der Waals surface area contributed by atoms with Gasteiger partial charge in [-0.3, -0.25) is 9.59 Å². The monoisotopic (exact) mass is 364 g/mol. The van der Waals surface area contributed by atoms with Crippen molar-refractivity contribution in [3.63, 3.8) is 0 Å². The fourth-order valence-corrected chi connectivity index (χ4v) is 5.01. The van der Waals surface area contributed by atoms with Gasteiger partial charge in [-0.05, 0) is 57.3 Å². The topological polar surface area (TPSA) is 49.9 Å².